The number of aliphatic hydroxyl groups excluding tert-OH is 9. The monoisotopic (exact) mass is 494 g/mol. The minimum absolute atomic E-state index is 0.0178. The van der Waals surface area contributed by atoms with Crippen molar-refractivity contribution in [3.8, 4) is 0 Å². The fraction of sp³-hybridized carbons (Fsp3) is 0.920. The zero-order valence-electron chi connectivity index (χ0n) is 20.7. The summed E-state index contributed by atoms with van der Waals surface area (Å²) in [5.41, 5.74) is 0. The van der Waals surface area contributed by atoms with Gasteiger partial charge < -0.3 is 46.0 Å². The highest BCUT2D eigenvalue weighted by molar-refractivity contribution is 4.78. The molecule has 0 aliphatic carbocycles. The lowest BCUT2D eigenvalue weighted by Crippen LogP contribution is -2.30. The molecule has 9 N–H and O–H groups in total. The third-order valence-corrected chi connectivity index (χ3v) is 5.94. The maximum Gasteiger partial charge on any atom is 0.0599 e. The Morgan fingerprint density at radius 2 is 0.794 bits per heavy atom. The molecule has 0 aliphatic heterocycles. The minimum Gasteiger partial charge on any atom is -0.393 e. The quantitative estimate of drug-likeness (QED) is 0.0968. The number of hydrogen-bond donors (Lipinski definition) is 9. The summed E-state index contributed by atoms with van der Waals surface area (Å²) in [6, 6.07) is 0. The van der Waals surface area contributed by atoms with Crippen molar-refractivity contribution >= 4 is 0 Å². The Hall–Kier alpha value is -0.620. The molecule has 9 unspecified atom stereocenters. The molecule has 0 amide bonds. The molecule has 0 rings (SSSR count). The van der Waals surface area contributed by atoms with E-state index in [-0.39, 0.29) is 51.0 Å². The van der Waals surface area contributed by atoms with Crippen LogP contribution in [0, 0.1) is 0 Å². The lowest BCUT2D eigenvalue weighted by molar-refractivity contribution is -0.00913. The van der Waals surface area contributed by atoms with Crippen LogP contribution >= 0.6 is 0 Å². The van der Waals surface area contributed by atoms with Gasteiger partial charge in [0.05, 0.1) is 54.9 Å². The van der Waals surface area contributed by atoms with Crippen LogP contribution in [-0.4, -0.2) is 101 Å². The zero-order valence-corrected chi connectivity index (χ0v) is 20.7. The molecule has 9 nitrogen and oxygen atoms in total. The van der Waals surface area contributed by atoms with Crippen LogP contribution in [-0.2, 0) is 0 Å². The molecule has 0 saturated carbocycles. The smallest absolute Gasteiger partial charge is 0.0599 e. The van der Waals surface area contributed by atoms with Crippen molar-refractivity contribution in [2.45, 2.75) is 145 Å². The second kappa shape index (κ2) is 19.6. The molecule has 0 radical (unpaired) electrons. The van der Waals surface area contributed by atoms with E-state index in [2.05, 4.69) is 6.58 Å². The summed E-state index contributed by atoms with van der Waals surface area (Å²) in [6.07, 6.45) is -2.73. The van der Waals surface area contributed by atoms with Crippen molar-refractivity contribution in [2.75, 3.05) is 0 Å². The van der Waals surface area contributed by atoms with Crippen LogP contribution in [0.5, 0.6) is 0 Å². The molecule has 0 heterocycles. The molecule has 0 saturated heterocycles. The summed E-state index contributed by atoms with van der Waals surface area (Å²) in [5.74, 6) is 0. The van der Waals surface area contributed by atoms with Crippen LogP contribution in [0.2, 0.25) is 0 Å². The van der Waals surface area contributed by atoms with Crippen molar-refractivity contribution in [3.05, 3.63) is 12.7 Å². The molecule has 204 valence electrons. The van der Waals surface area contributed by atoms with E-state index >= 15 is 0 Å². The van der Waals surface area contributed by atoms with Crippen molar-refractivity contribution in [1.82, 2.24) is 0 Å². The highest BCUT2D eigenvalue weighted by Crippen LogP contribution is 2.18. The Morgan fingerprint density at radius 3 is 1.15 bits per heavy atom. The third-order valence-electron chi connectivity index (χ3n) is 5.94. The van der Waals surface area contributed by atoms with Gasteiger partial charge in [0.15, 0.2) is 0 Å². The van der Waals surface area contributed by atoms with Crippen molar-refractivity contribution in [3.63, 3.8) is 0 Å². The van der Waals surface area contributed by atoms with E-state index in [0.29, 0.717) is 25.7 Å². The van der Waals surface area contributed by atoms with Gasteiger partial charge in [0, 0.05) is 0 Å². The van der Waals surface area contributed by atoms with Gasteiger partial charge in [0.1, 0.15) is 0 Å². The first-order valence-electron chi connectivity index (χ1n) is 12.7. The van der Waals surface area contributed by atoms with Gasteiger partial charge in [-0.25, -0.2) is 0 Å². The van der Waals surface area contributed by atoms with Gasteiger partial charge in [-0.05, 0) is 77.0 Å². The molecule has 0 spiro atoms. The normalized spacial score (nSPS) is 20.1. The third kappa shape index (κ3) is 18.7. The molecule has 0 aromatic heterocycles. The summed E-state index contributed by atoms with van der Waals surface area (Å²) in [6.45, 7) is 5.50. The van der Waals surface area contributed by atoms with E-state index in [4.69, 9.17) is 0 Å². The standard InChI is InChI=1S/C25H50O9/c1-3-6-17(26)8-5-9-19(28)11-21(30)13-23(32)15-25(34)16-24(33)14-22(31)12-20(29)10-18(27)7-4-2/h4,17-34H,2-3,5-16H2,1H3. The highest BCUT2D eigenvalue weighted by Gasteiger charge is 2.23. The van der Waals surface area contributed by atoms with E-state index in [1.807, 2.05) is 6.92 Å². The SMILES string of the molecule is C=CCC(O)CC(O)CC(O)CC(O)CC(O)CC(O)CC(O)CC(O)CCCC(O)CCC. The topological polar surface area (TPSA) is 182 Å². The molecule has 0 fully saturated rings. The Balaban J connectivity index is 4.12. The lowest BCUT2D eigenvalue weighted by Gasteiger charge is -2.23. The molecule has 9 atom stereocenters. The first kappa shape index (κ1) is 33.4. The van der Waals surface area contributed by atoms with Crippen LogP contribution in [0.3, 0.4) is 0 Å². The van der Waals surface area contributed by atoms with Crippen LogP contribution in [0.4, 0.5) is 0 Å². The van der Waals surface area contributed by atoms with Crippen LogP contribution in [0.1, 0.15) is 90.4 Å². The average molecular weight is 495 g/mol. The van der Waals surface area contributed by atoms with Crippen molar-refractivity contribution < 1.29 is 46.0 Å². The average Bonchev–Trinajstić information content (AvgIpc) is 2.66. The molecule has 0 aromatic carbocycles. The van der Waals surface area contributed by atoms with Crippen LogP contribution in [0.15, 0.2) is 12.7 Å². The van der Waals surface area contributed by atoms with Gasteiger partial charge in [-0.3, -0.25) is 0 Å². The summed E-state index contributed by atoms with van der Waals surface area (Å²) in [7, 11) is 0. The van der Waals surface area contributed by atoms with Crippen LogP contribution in [0.25, 0.3) is 0 Å². The highest BCUT2D eigenvalue weighted by atomic mass is 16.3. The first-order chi connectivity index (χ1) is 16.0. The van der Waals surface area contributed by atoms with E-state index in [9.17, 15) is 46.0 Å². The Morgan fingerprint density at radius 1 is 0.471 bits per heavy atom. The summed E-state index contributed by atoms with van der Waals surface area (Å²) in [5, 5.41) is 89.7. The fourth-order valence-electron chi connectivity index (χ4n) is 4.25. The van der Waals surface area contributed by atoms with Gasteiger partial charge in [-0.15, -0.1) is 6.58 Å². The van der Waals surface area contributed by atoms with E-state index in [1.54, 1.807) is 0 Å². The van der Waals surface area contributed by atoms with Crippen molar-refractivity contribution in [1.29, 1.82) is 0 Å². The minimum atomic E-state index is -1.05. The Kier molecular flexibility index (Phi) is 19.2. The summed E-state index contributed by atoms with van der Waals surface area (Å²) < 4.78 is 0. The first-order valence-corrected chi connectivity index (χ1v) is 12.7. The van der Waals surface area contributed by atoms with Crippen molar-refractivity contribution in [2.24, 2.45) is 0 Å². The molecule has 9 heteroatoms. The van der Waals surface area contributed by atoms with Gasteiger partial charge >= 0.3 is 0 Å². The predicted octanol–water partition coefficient (Wildman–Crippen LogP) is 0.512. The predicted molar refractivity (Wildman–Crippen MR) is 130 cm³/mol. The molecular formula is C25H50O9. The van der Waals surface area contributed by atoms with Gasteiger partial charge in [-0.1, -0.05) is 19.4 Å². The zero-order chi connectivity index (χ0) is 26.1. The number of hydrogen-bond acceptors (Lipinski definition) is 9. The second-order valence-electron chi connectivity index (χ2n) is 9.78. The molecule has 0 aliphatic rings. The van der Waals surface area contributed by atoms with Gasteiger partial charge in [-0.2, -0.15) is 0 Å². The largest absolute Gasteiger partial charge is 0.393 e. The maximum atomic E-state index is 10.1. The molecular weight excluding hydrogens is 444 g/mol. The van der Waals surface area contributed by atoms with E-state index in [1.165, 1.54) is 6.08 Å². The summed E-state index contributed by atoms with van der Waals surface area (Å²) >= 11 is 0. The molecule has 34 heavy (non-hydrogen) atoms. The maximum absolute atomic E-state index is 10.1. The van der Waals surface area contributed by atoms with Crippen LogP contribution < -0.4 is 0 Å². The molecule has 0 aromatic rings. The fourth-order valence-corrected chi connectivity index (χ4v) is 4.25. The summed E-state index contributed by atoms with van der Waals surface area (Å²) in [4.78, 5) is 0. The van der Waals surface area contributed by atoms with E-state index in [0.717, 1.165) is 12.8 Å². The second-order valence-corrected chi connectivity index (χ2v) is 9.78. The Labute approximate surface area is 204 Å². The van der Waals surface area contributed by atoms with E-state index < -0.39 is 48.8 Å². The van der Waals surface area contributed by atoms with Gasteiger partial charge in [0.2, 0.25) is 0 Å². The van der Waals surface area contributed by atoms with Gasteiger partial charge in [0.25, 0.3) is 0 Å². The lowest BCUT2D eigenvalue weighted by atomic mass is 9.95. The number of aliphatic hydroxyl groups is 9. The number of rotatable bonds is 22. The Bertz CT molecular complexity index is 493. The molecule has 0 bridgehead atoms.